The molecule has 1 atom stereocenters. The zero-order valence-corrected chi connectivity index (χ0v) is 13.6. The Hall–Kier alpha value is -1.11. The summed E-state index contributed by atoms with van der Waals surface area (Å²) in [5, 5.41) is 0. The highest BCUT2D eigenvalue weighted by molar-refractivity contribution is 7.85. The van der Waals surface area contributed by atoms with E-state index in [2.05, 4.69) is 0 Å². The van der Waals surface area contributed by atoms with Gasteiger partial charge >= 0.3 is 5.97 Å². The van der Waals surface area contributed by atoms with E-state index in [0.717, 1.165) is 25.0 Å². The maximum Gasteiger partial charge on any atom is 0.332 e. The average Bonchev–Trinajstić information content (AvgIpc) is 2.44. The summed E-state index contributed by atoms with van der Waals surface area (Å²) < 4.78 is 35.9. The predicted molar refractivity (Wildman–Crippen MR) is 80.3 cm³/mol. The van der Waals surface area contributed by atoms with E-state index in [1.54, 1.807) is 0 Å². The van der Waals surface area contributed by atoms with Gasteiger partial charge in [0, 0.05) is 0 Å². The number of hydrogen-bond donors (Lipinski definition) is 1. The minimum Gasteiger partial charge on any atom is -0.425 e. The van der Waals surface area contributed by atoms with Gasteiger partial charge in [0.15, 0.2) is 0 Å². The maximum atomic E-state index is 12.1. The van der Waals surface area contributed by atoms with Crippen LogP contribution in [0, 0.1) is 0 Å². The van der Waals surface area contributed by atoms with Gasteiger partial charge in [0.05, 0.1) is 4.90 Å². The summed E-state index contributed by atoms with van der Waals surface area (Å²) >= 11 is 6.30. The molecule has 0 aromatic heterocycles. The van der Waals surface area contributed by atoms with E-state index in [-0.39, 0.29) is 10.6 Å². The van der Waals surface area contributed by atoms with Crippen molar-refractivity contribution < 1.29 is 22.5 Å². The van der Waals surface area contributed by atoms with E-state index in [4.69, 9.17) is 20.9 Å². The Balaban J connectivity index is 2.82. The fourth-order valence-electron chi connectivity index (χ4n) is 1.76. The summed E-state index contributed by atoms with van der Waals surface area (Å²) in [7, 11) is -4.26. The Bertz CT molecular complexity index is 582. The lowest BCUT2D eigenvalue weighted by Gasteiger charge is -2.23. The van der Waals surface area contributed by atoms with E-state index >= 15 is 0 Å². The SMILES string of the molecule is CCCCC(Cl)(CC)C(=O)Oc1ccc(S(=O)(=O)O)cc1. The van der Waals surface area contributed by atoms with E-state index in [9.17, 15) is 13.2 Å². The summed E-state index contributed by atoms with van der Waals surface area (Å²) in [6.07, 6.45) is 2.69. The Morgan fingerprint density at radius 2 is 1.86 bits per heavy atom. The predicted octanol–water partition coefficient (Wildman–Crippen LogP) is 3.42. The maximum absolute atomic E-state index is 12.1. The first-order valence-corrected chi connectivity index (χ1v) is 8.53. The molecule has 1 aromatic rings. The monoisotopic (exact) mass is 334 g/mol. The van der Waals surface area contributed by atoms with Crippen LogP contribution in [0.2, 0.25) is 0 Å². The third-order valence-corrected chi connectivity index (χ3v) is 4.66. The van der Waals surface area contributed by atoms with E-state index < -0.39 is 21.0 Å². The van der Waals surface area contributed by atoms with Crippen LogP contribution < -0.4 is 4.74 Å². The van der Waals surface area contributed by atoms with Crippen molar-refractivity contribution in [2.75, 3.05) is 0 Å². The Morgan fingerprint density at radius 1 is 1.29 bits per heavy atom. The average molecular weight is 335 g/mol. The van der Waals surface area contributed by atoms with Crippen LogP contribution in [0.15, 0.2) is 29.2 Å². The zero-order valence-electron chi connectivity index (χ0n) is 12.0. The molecule has 0 aliphatic rings. The molecule has 5 nitrogen and oxygen atoms in total. The number of benzene rings is 1. The molecule has 1 unspecified atom stereocenters. The molecule has 0 spiro atoms. The first-order chi connectivity index (χ1) is 9.73. The van der Waals surface area contributed by atoms with Gasteiger partial charge in [0.1, 0.15) is 10.6 Å². The number of carbonyl (C=O) groups excluding carboxylic acids is 1. The number of hydrogen-bond acceptors (Lipinski definition) is 4. The fourth-order valence-corrected chi connectivity index (χ4v) is 2.41. The van der Waals surface area contributed by atoms with Crippen LogP contribution in [-0.2, 0) is 14.9 Å². The van der Waals surface area contributed by atoms with Crippen LogP contribution in [0.1, 0.15) is 39.5 Å². The van der Waals surface area contributed by atoms with Crippen molar-refractivity contribution in [3.05, 3.63) is 24.3 Å². The zero-order chi connectivity index (χ0) is 16.1. The Kier molecular flexibility index (Phi) is 6.19. The van der Waals surface area contributed by atoms with E-state index in [0.29, 0.717) is 12.8 Å². The van der Waals surface area contributed by atoms with Gasteiger partial charge in [-0.15, -0.1) is 11.6 Å². The van der Waals surface area contributed by atoms with Crippen LogP contribution in [0.25, 0.3) is 0 Å². The molecular formula is C14H19ClO5S. The second-order valence-corrected chi connectivity index (χ2v) is 6.90. The van der Waals surface area contributed by atoms with Crippen LogP contribution >= 0.6 is 11.6 Å². The summed E-state index contributed by atoms with van der Waals surface area (Å²) in [6, 6.07) is 4.92. The van der Waals surface area contributed by atoms with Crippen LogP contribution in [0.4, 0.5) is 0 Å². The van der Waals surface area contributed by atoms with Gasteiger partial charge in [-0.25, -0.2) is 4.79 Å². The van der Waals surface area contributed by atoms with Crippen LogP contribution in [0.3, 0.4) is 0 Å². The molecule has 1 N–H and O–H groups in total. The molecule has 0 aliphatic heterocycles. The quantitative estimate of drug-likeness (QED) is 0.357. The molecule has 0 saturated carbocycles. The normalized spacial score (nSPS) is 14.5. The molecule has 0 saturated heterocycles. The van der Waals surface area contributed by atoms with Crippen molar-refractivity contribution in [3.63, 3.8) is 0 Å². The number of ether oxygens (including phenoxy) is 1. The van der Waals surface area contributed by atoms with Gasteiger partial charge in [0.25, 0.3) is 10.1 Å². The smallest absolute Gasteiger partial charge is 0.332 e. The second-order valence-electron chi connectivity index (χ2n) is 4.76. The molecule has 1 rings (SSSR count). The highest BCUT2D eigenvalue weighted by Crippen LogP contribution is 2.29. The molecule has 21 heavy (non-hydrogen) atoms. The van der Waals surface area contributed by atoms with Crippen LogP contribution in [-0.4, -0.2) is 23.8 Å². The lowest BCUT2D eigenvalue weighted by Crippen LogP contribution is -2.35. The number of unbranched alkanes of at least 4 members (excludes halogenated alkanes) is 1. The van der Waals surface area contributed by atoms with Gasteiger partial charge in [-0.05, 0) is 37.1 Å². The van der Waals surface area contributed by atoms with Crippen molar-refractivity contribution >= 4 is 27.7 Å². The minimum absolute atomic E-state index is 0.183. The largest absolute Gasteiger partial charge is 0.425 e. The number of halogens is 1. The highest BCUT2D eigenvalue weighted by Gasteiger charge is 2.35. The van der Waals surface area contributed by atoms with Gasteiger partial charge in [-0.1, -0.05) is 26.7 Å². The summed E-state index contributed by atoms with van der Waals surface area (Å²) in [5.41, 5.74) is 0. The Morgan fingerprint density at radius 3 is 2.29 bits per heavy atom. The molecule has 7 heteroatoms. The van der Waals surface area contributed by atoms with Crippen molar-refractivity contribution in [1.29, 1.82) is 0 Å². The van der Waals surface area contributed by atoms with Gasteiger partial charge < -0.3 is 4.74 Å². The minimum atomic E-state index is -4.26. The highest BCUT2D eigenvalue weighted by atomic mass is 35.5. The molecule has 0 fully saturated rings. The first-order valence-electron chi connectivity index (χ1n) is 6.71. The number of rotatable bonds is 7. The summed E-state index contributed by atoms with van der Waals surface area (Å²) in [6.45, 7) is 3.82. The number of carbonyl (C=O) groups is 1. The van der Waals surface area contributed by atoms with Gasteiger partial charge in [0.2, 0.25) is 0 Å². The van der Waals surface area contributed by atoms with Crippen molar-refractivity contribution in [2.45, 2.75) is 49.3 Å². The summed E-state index contributed by atoms with van der Waals surface area (Å²) in [4.78, 5) is 10.8. The topological polar surface area (TPSA) is 80.7 Å². The Labute approximate surface area is 130 Å². The molecule has 1 aromatic carbocycles. The third-order valence-electron chi connectivity index (χ3n) is 3.18. The lowest BCUT2D eigenvalue weighted by atomic mass is 9.98. The van der Waals surface area contributed by atoms with Gasteiger partial charge in [-0.3, -0.25) is 4.55 Å². The van der Waals surface area contributed by atoms with E-state index in [1.165, 1.54) is 12.1 Å². The van der Waals surface area contributed by atoms with Crippen molar-refractivity contribution in [2.24, 2.45) is 0 Å². The number of alkyl halides is 1. The molecule has 0 aliphatic carbocycles. The summed E-state index contributed by atoms with van der Waals surface area (Å²) in [5.74, 6) is -0.373. The molecular weight excluding hydrogens is 316 g/mol. The molecule has 118 valence electrons. The first kappa shape index (κ1) is 17.9. The van der Waals surface area contributed by atoms with Crippen LogP contribution in [0.5, 0.6) is 5.75 Å². The van der Waals surface area contributed by atoms with Crippen molar-refractivity contribution in [1.82, 2.24) is 0 Å². The van der Waals surface area contributed by atoms with Crippen molar-refractivity contribution in [3.8, 4) is 5.75 Å². The van der Waals surface area contributed by atoms with E-state index in [1.807, 2.05) is 13.8 Å². The van der Waals surface area contributed by atoms with Gasteiger partial charge in [-0.2, -0.15) is 8.42 Å². The standard InChI is InChI=1S/C14H19ClO5S/c1-3-5-10-14(15,4-2)13(16)20-11-6-8-12(9-7-11)21(17,18)19/h6-9H,3-5,10H2,1-2H3,(H,17,18,19). The molecule has 0 radical (unpaired) electrons. The number of esters is 1. The molecule has 0 amide bonds. The second kappa shape index (κ2) is 7.24. The molecule has 0 heterocycles. The molecule has 0 bridgehead atoms. The third kappa shape index (κ3) is 4.98. The lowest BCUT2D eigenvalue weighted by molar-refractivity contribution is -0.137. The fraction of sp³-hybridized carbons (Fsp3) is 0.500.